The SMILES string of the molecule is CC(CN)C(C)c1cccc2ccccc12. The Kier molecular flexibility index (Phi) is 3.25. The zero-order valence-electron chi connectivity index (χ0n) is 9.98. The summed E-state index contributed by atoms with van der Waals surface area (Å²) in [7, 11) is 0. The van der Waals surface area contributed by atoms with Crippen LogP contribution in [-0.2, 0) is 0 Å². The molecule has 2 atom stereocenters. The molecule has 84 valence electrons. The molecular weight excluding hydrogens is 194 g/mol. The Hall–Kier alpha value is -1.34. The van der Waals surface area contributed by atoms with Crippen LogP contribution in [0.3, 0.4) is 0 Å². The molecule has 0 heterocycles. The van der Waals surface area contributed by atoms with Gasteiger partial charge in [-0.25, -0.2) is 0 Å². The predicted molar refractivity (Wildman–Crippen MR) is 70.6 cm³/mol. The second-order valence-corrected chi connectivity index (χ2v) is 4.57. The van der Waals surface area contributed by atoms with Crippen molar-refractivity contribution >= 4 is 10.8 Å². The van der Waals surface area contributed by atoms with E-state index in [4.69, 9.17) is 5.73 Å². The Balaban J connectivity index is 2.52. The smallest absolute Gasteiger partial charge is 0.00458 e. The van der Waals surface area contributed by atoms with Gasteiger partial charge in [0.05, 0.1) is 0 Å². The molecule has 2 rings (SSSR count). The Morgan fingerprint density at radius 1 is 1.00 bits per heavy atom. The molecule has 0 aliphatic carbocycles. The van der Waals surface area contributed by atoms with Gasteiger partial charge in [-0.2, -0.15) is 0 Å². The zero-order chi connectivity index (χ0) is 11.5. The maximum absolute atomic E-state index is 5.75. The average Bonchev–Trinajstić information content (AvgIpc) is 2.36. The largest absolute Gasteiger partial charge is 0.330 e. The van der Waals surface area contributed by atoms with E-state index in [1.807, 2.05) is 0 Å². The van der Waals surface area contributed by atoms with Crippen LogP contribution in [0.4, 0.5) is 0 Å². The summed E-state index contributed by atoms with van der Waals surface area (Å²) in [5, 5.41) is 2.67. The van der Waals surface area contributed by atoms with Gasteiger partial charge in [-0.1, -0.05) is 56.3 Å². The second-order valence-electron chi connectivity index (χ2n) is 4.57. The van der Waals surface area contributed by atoms with E-state index >= 15 is 0 Å². The molecule has 0 amide bonds. The Morgan fingerprint density at radius 2 is 1.69 bits per heavy atom. The Labute approximate surface area is 97.3 Å². The van der Waals surface area contributed by atoms with Crippen LogP contribution in [0.5, 0.6) is 0 Å². The van der Waals surface area contributed by atoms with E-state index in [9.17, 15) is 0 Å². The summed E-state index contributed by atoms with van der Waals surface area (Å²) >= 11 is 0. The third-order valence-corrected chi connectivity index (χ3v) is 3.54. The third kappa shape index (κ3) is 1.96. The van der Waals surface area contributed by atoms with Gasteiger partial charge in [0.1, 0.15) is 0 Å². The molecule has 2 N–H and O–H groups in total. The van der Waals surface area contributed by atoms with Crippen molar-refractivity contribution in [3.8, 4) is 0 Å². The molecule has 0 fully saturated rings. The lowest BCUT2D eigenvalue weighted by atomic mass is 9.86. The van der Waals surface area contributed by atoms with Crippen molar-refractivity contribution in [1.82, 2.24) is 0 Å². The summed E-state index contributed by atoms with van der Waals surface area (Å²) in [6, 6.07) is 15.1. The minimum Gasteiger partial charge on any atom is -0.330 e. The van der Waals surface area contributed by atoms with Crippen molar-refractivity contribution in [2.24, 2.45) is 11.7 Å². The highest BCUT2D eigenvalue weighted by molar-refractivity contribution is 5.86. The lowest BCUT2D eigenvalue weighted by Gasteiger charge is -2.20. The molecule has 0 spiro atoms. The van der Waals surface area contributed by atoms with E-state index in [0.29, 0.717) is 11.8 Å². The van der Waals surface area contributed by atoms with Crippen molar-refractivity contribution in [3.63, 3.8) is 0 Å². The number of rotatable bonds is 3. The first-order chi connectivity index (χ1) is 7.74. The standard InChI is InChI=1S/C15H19N/c1-11(10-16)12(2)14-9-5-7-13-6-3-4-8-15(13)14/h3-9,11-12H,10,16H2,1-2H3. The van der Waals surface area contributed by atoms with E-state index in [0.717, 1.165) is 6.54 Å². The summed E-state index contributed by atoms with van der Waals surface area (Å²) in [5.41, 5.74) is 7.17. The number of hydrogen-bond donors (Lipinski definition) is 1. The first kappa shape index (κ1) is 11.2. The molecule has 0 saturated heterocycles. The van der Waals surface area contributed by atoms with Crippen molar-refractivity contribution in [3.05, 3.63) is 48.0 Å². The van der Waals surface area contributed by atoms with Crippen molar-refractivity contribution in [1.29, 1.82) is 0 Å². The fraction of sp³-hybridized carbons (Fsp3) is 0.333. The molecule has 2 aromatic carbocycles. The van der Waals surface area contributed by atoms with Gasteiger partial charge in [-0.05, 0) is 34.7 Å². The average molecular weight is 213 g/mol. The van der Waals surface area contributed by atoms with Crippen molar-refractivity contribution < 1.29 is 0 Å². The predicted octanol–water partition coefficient (Wildman–Crippen LogP) is 3.54. The topological polar surface area (TPSA) is 26.0 Å². The number of fused-ring (bicyclic) bond motifs is 1. The molecule has 2 unspecified atom stereocenters. The number of hydrogen-bond acceptors (Lipinski definition) is 1. The summed E-state index contributed by atoms with van der Waals surface area (Å²) in [4.78, 5) is 0. The van der Waals surface area contributed by atoms with Gasteiger partial charge >= 0.3 is 0 Å². The van der Waals surface area contributed by atoms with E-state index < -0.39 is 0 Å². The molecule has 1 heteroatoms. The fourth-order valence-electron chi connectivity index (χ4n) is 2.16. The highest BCUT2D eigenvalue weighted by Crippen LogP contribution is 2.29. The second kappa shape index (κ2) is 4.67. The first-order valence-corrected chi connectivity index (χ1v) is 5.91. The van der Waals surface area contributed by atoms with Crippen LogP contribution in [0.1, 0.15) is 25.3 Å². The maximum Gasteiger partial charge on any atom is -0.00458 e. The Morgan fingerprint density at radius 3 is 2.44 bits per heavy atom. The summed E-state index contributed by atoms with van der Waals surface area (Å²) in [6.45, 7) is 5.22. The van der Waals surface area contributed by atoms with Crippen LogP contribution >= 0.6 is 0 Å². The highest BCUT2D eigenvalue weighted by atomic mass is 14.5. The van der Waals surface area contributed by atoms with Gasteiger partial charge in [0.2, 0.25) is 0 Å². The molecule has 0 aliphatic rings. The quantitative estimate of drug-likeness (QED) is 0.829. The van der Waals surface area contributed by atoms with Gasteiger partial charge in [0.25, 0.3) is 0 Å². The maximum atomic E-state index is 5.75. The van der Waals surface area contributed by atoms with Crippen LogP contribution in [0.2, 0.25) is 0 Å². The van der Waals surface area contributed by atoms with Crippen molar-refractivity contribution in [2.75, 3.05) is 6.54 Å². The fourth-order valence-corrected chi connectivity index (χ4v) is 2.16. The van der Waals surface area contributed by atoms with Crippen LogP contribution in [-0.4, -0.2) is 6.54 Å². The minimum absolute atomic E-state index is 0.510. The minimum atomic E-state index is 0.510. The molecule has 0 saturated carbocycles. The van der Waals surface area contributed by atoms with Crippen LogP contribution in [0, 0.1) is 5.92 Å². The molecule has 1 nitrogen and oxygen atoms in total. The molecular formula is C15H19N. The van der Waals surface area contributed by atoms with E-state index in [2.05, 4.69) is 56.3 Å². The van der Waals surface area contributed by atoms with Gasteiger partial charge in [0, 0.05) is 0 Å². The molecule has 2 aromatic rings. The highest BCUT2D eigenvalue weighted by Gasteiger charge is 2.14. The monoisotopic (exact) mass is 213 g/mol. The van der Waals surface area contributed by atoms with Crippen LogP contribution < -0.4 is 5.73 Å². The van der Waals surface area contributed by atoms with Gasteiger partial charge in [-0.15, -0.1) is 0 Å². The number of benzene rings is 2. The van der Waals surface area contributed by atoms with Gasteiger partial charge < -0.3 is 5.73 Å². The molecule has 0 radical (unpaired) electrons. The van der Waals surface area contributed by atoms with Crippen LogP contribution in [0.25, 0.3) is 10.8 Å². The van der Waals surface area contributed by atoms with E-state index in [-0.39, 0.29) is 0 Å². The Bertz CT molecular complexity index is 470. The summed E-state index contributed by atoms with van der Waals surface area (Å²) in [6.07, 6.45) is 0. The zero-order valence-corrected chi connectivity index (χ0v) is 9.98. The molecule has 0 bridgehead atoms. The number of nitrogens with two attached hydrogens (primary N) is 1. The van der Waals surface area contributed by atoms with Crippen LogP contribution in [0.15, 0.2) is 42.5 Å². The molecule has 0 aliphatic heterocycles. The van der Waals surface area contributed by atoms with E-state index in [1.54, 1.807) is 0 Å². The summed E-state index contributed by atoms with van der Waals surface area (Å²) < 4.78 is 0. The normalized spacial score (nSPS) is 14.9. The van der Waals surface area contributed by atoms with Crippen molar-refractivity contribution in [2.45, 2.75) is 19.8 Å². The molecule has 16 heavy (non-hydrogen) atoms. The van der Waals surface area contributed by atoms with Gasteiger partial charge in [-0.3, -0.25) is 0 Å². The van der Waals surface area contributed by atoms with Gasteiger partial charge in [0.15, 0.2) is 0 Å². The molecule has 0 aromatic heterocycles. The third-order valence-electron chi connectivity index (χ3n) is 3.54. The summed E-state index contributed by atoms with van der Waals surface area (Å²) in [5.74, 6) is 1.03. The lowest BCUT2D eigenvalue weighted by Crippen LogP contribution is -2.17. The first-order valence-electron chi connectivity index (χ1n) is 5.91. The lowest BCUT2D eigenvalue weighted by molar-refractivity contribution is 0.501. The van der Waals surface area contributed by atoms with E-state index in [1.165, 1.54) is 16.3 Å².